The second-order valence-corrected chi connectivity index (χ2v) is 6.81. The molecule has 1 saturated heterocycles. The summed E-state index contributed by atoms with van der Waals surface area (Å²) in [4.78, 5) is 2.63. The predicted molar refractivity (Wildman–Crippen MR) is 84.4 cm³/mol. The molecule has 1 aliphatic carbocycles. The SMILES string of the molecule is NCc1ccccc1CN1CCC2(CCCCC2)CC1. The molecule has 2 nitrogen and oxygen atoms in total. The van der Waals surface area contributed by atoms with Crippen LogP contribution in [0.3, 0.4) is 0 Å². The van der Waals surface area contributed by atoms with Crippen LogP contribution in [-0.2, 0) is 13.1 Å². The first kappa shape index (κ1) is 14.1. The van der Waals surface area contributed by atoms with Gasteiger partial charge >= 0.3 is 0 Å². The zero-order chi connectivity index (χ0) is 13.8. The molecule has 2 fully saturated rings. The highest BCUT2D eigenvalue weighted by atomic mass is 15.1. The summed E-state index contributed by atoms with van der Waals surface area (Å²) < 4.78 is 0. The Hall–Kier alpha value is -0.860. The molecule has 2 heteroatoms. The Labute approximate surface area is 123 Å². The zero-order valence-corrected chi connectivity index (χ0v) is 12.6. The van der Waals surface area contributed by atoms with Crippen LogP contribution < -0.4 is 5.73 Å². The molecule has 1 aromatic carbocycles. The maximum absolute atomic E-state index is 5.85. The number of nitrogens with zero attached hydrogens (tertiary/aromatic N) is 1. The third-order valence-corrected chi connectivity index (χ3v) is 5.56. The van der Waals surface area contributed by atoms with Gasteiger partial charge in [-0.3, -0.25) is 4.90 Å². The van der Waals surface area contributed by atoms with Gasteiger partial charge in [0.1, 0.15) is 0 Å². The lowest BCUT2D eigenvalue weighted by Gasteiger charge is -2.44. The summed E-state index contributed by atoms with van der Waals surface area (Å²) in [6.45, 7) is 4.30. The highest BCUT2D eigenvalue weighted by molar-refractivity contribution is 5.26. The molecule has 1 spiro atoms. The number of benzene rings is 1. The Kier molecular flexibility index (Phi) is 4.42. The summed E-state index contributed by atoms with van der Waals surface area (Å²) >= 11 is 0. The lowest BCUT2D eigenvalue weighted by molar-refractivity contribution is 0.0640. The smallest absolute Gasteiger partial charge is 0.0236 e. The standard InChI is InChI=1S/C18H28N2/c19-14-16-6-2-3-7-17(16)15-20-12-10-18(11-13-20)8-4-1-5-9-18/h2-3,6-7H,1,4-5,8-15,19H2. The molecule has 0 radical (unpaired) electrons. The molecule has 0 aromatic heterocycles. The quantitative estimate of drug-likeness (QED) is 0.909. The minimum Gasteiger partial charge on any atom is -0.326 e. The Balaban J connectivity index is 1.58. The first-order valence-corrected chi connectivity index (χ1v) is 8.31. The van der Waals surface area contributed by atoms with Crippen LogP contribution in [-0.4, -0.2) is 18.0 Å². The van der Waals surface area contributed by atoms with E-state index in [0.717, 1.165) is 6.54 Å². The van der Waals surface area contributed by atoms with E-state index in [-0.39, 0.29) is 0 Å². The molecule has 1 aromatic rings. The van der Waals surface area contributed by atoms with E-state index in [2.05, 4.69) is 29.2 Å². The van der Waals surface area contributed by atoms with Crippen molar-refractivity contribution in [1.82, 2.24) is 4.90 Å². The summed E-state index contributed by atoms with van der Waals surface area (Å²) in [6, 6.07) is 8.65. The average molecular weight is 272 g/mol. The van der Waals surface area contributed by atoms with Crippen LogP contribution in [0.4, 0.5) is 0 Å². The van der Waals surface area contributed by atoms with Crippen LogP contribution in [0.25, 0.3) is 0 Å². The number of piperidine rings is 1. The fourth-order valence-electron chi connectivity index (χ4n) is 4.14. The van der Waals surface area contributed by atoms with Crippen molar-refractivity contribution in [3.8, 4) is 0 Å². The summed E-state index contributed by atoms with van der Waals surface area (Å²) in [5, 5.41) is 0. The van der Waals surface area contributed by atoms with E-state index in [1.165, 1.54) is 69.2 Å². The minimum atomic E-state index is 0.661. The summed E-state index contributed by atoms with van der Waals surface area (Å²) in [7, 11) is 0. The lowest BCUT2D eigenvalue weighted by Crippen LogP contribution is -2.40. The van der Waals surface area contributed by atoms with Gasteiger partial charge in [0.2, 0.25) is 0 Å². The lowest BCUT2D eigenvalue weighted by atomic mass is 9.68. The molecular weight excluding hydrogens is 244 g/mol. The average Bonchev–Trinajstić information content (AvgIpc) is 2.51. The van der Waals surface area contributed by atoms with Gasteiger partial charge < -0.3 is 5.73 Å². The Morgan fingerprint density at radius 3 is 2.20 bits per heavy atom. The third kappa shape index (κ3) is 3.07. The van der Waals surface area contributed by atoms with Gasteiger partial charge in [-0.15, -0.1) is 0 Å². The fraction of sp³-hybridized carbons (Fsp3) is 0.667. The molecule has 20 heavy (non-hydrogen) atoms. The molecule has 2 N–H and O–H groups in total. The van der Waals surface area contributed by atoms with Crippen LogP contribution in [0, 0.1) is 5.41 Å². The van der Waals surface area contributed by atoms with E-state index in [4.69, 9.17) is 5.73 Å². The molecular formula is C18H28N2. The summed E-state index contributed by atoms with van der Waals surface area (Å²) in [5.74, 6) is 0. The van der Waals surface area contributed by atoms with Gasteiger partial charge in [0.05, 0.1) is 0 Å². The molecule has 3 rings (SSSR count). The number of nitrogens with two attached hydrogens (primary N) is 1. The van der Waals surface area contributed by atoms with Gasteiger partial charge in [0, 0.05) is 13.1 Å². The van der Waals surface area contributed by atoms with E-state index in [1.807, 2.05) is 0 Å². The largest absolute Gasteiger partial charge is 0.326 e. The molecule has 0 atom stereocenters. The second kappa shape index (κ2) is 6.28. The molecule has 1 aliphatic heterocycles. The van der Waals surface area contributed by atoms with Crippen molar-refractivity contribution in [1.29, 1.82) is 0 Å². The number of hydrogen-bond donors (Lipinski definition) is 1. The summed E-state index contributed by atoms with van der Waals surface area (Å²) in [6.07, 6.45) is 10.2. The molecule has 1 heterocycles. The topological polar surface area (TPSA) is 29.3 Å². The number of rotatable bonds is 3. The molecule has 1 saturated carbocycles. The van der Waals surface area contributed by atoms with Crippen molar-refractivity contribution in [3.05, 3.63) is 35.4 Å². The van der Waals surface area contributed by atoms with Gasteiger partial charge in [-0.2, -0.15) is 0 Å². The Morgan fingerprint density at radius 2 is 1.55 bits per heavy atom. The molecule has 0 unspecified atom stereocenters. The van der Waals surface area contributed by atoms with Crippen molar-refractivity contribution in [2.75, 3.05) is 13.1 Å². The maximum atomic E-state index is 5.85. The van der Waals surface area contributed by atoms with Gasteiger partial charge in [-0.25, -0.2) is 0 Å². The van der Waals surface area contributed by atoms with E-state index < -0.39 is 0 Å². The van der Waals surface area contributed by atoms with Crippen LogP contribution in [0.5, 0.6) is 0 Å². The van der Waals surface area contributed by atoms with Crippen LogP contribution in [0.1, 0.15) is 56.1 Å². The van der Waals surface area contributed by atoms with Crippen LogP contribution in [0.15, 0.2) is 24.3 Å². The van der Waals surface area contributed by atoms with Crippen LogP contribution in [0.2, 0.25) is 0 Å². The Bertz CT molecular complexity index is 425. The molecule has 110 valence electrons. The van der Waals surface area contributed by atoms with E-state index in [1.54, 1.807) is 0 Å². The predicted octanol–water partition coefficient (Wildman–Crippen LogP) is 3.69. The minimum absolute atomic E-state index is 0.661. The van der Waals surface area contributed by atoms with Crippen molar-refractivity contribution >= 4 is 0 Å². The van der Waals surface area contributed by atoms with Crippen LogP contribution >= 0.6 is 0 Å². The van der Waals surface area contributed by atoms with Gasteiger partial charge in [0.15, 0.2) is 0 Å². The Morgan fingerprint density at radius 1 is 0.900 bits per heavy atom. The molecule has 2 aliphatic rings. The van der Waals surface area contributed by atoms with Gasteiger partial charge in [-0.1, -0.05) is 43.5 Å². The van der Waals surface area contributed by atoms with Gasteiger partial charge in [0.25, 0.3) is 0 Å². The molecule has 0 amide bonds. The second-order valence-electron chi connectivity index (χ2n) is 6.81. The number of hydrogen-bond acceptors (Lipinski definition) is 2. The van der Waals surface area contributed by atoms with E-state index in [0.29, 0.717) is 12.0 Å². The third-order valence-electron chi connectivity index (χ3n) is 5.56. The van der Waals surface area contributed by atoms with Gasteiger partial charge in [-0.05, 0) is 55.3 Å². The van der Waals surface area contributed by atoms with E-state index in [9.17, 15) is 0 Å². The van der Waals surface area contributed by atoms with Crippen molar-refractivity contribution in [2.24, 2.45) is 11.1 Å². The van der Waals surface area contributed by atoms with Crippen molar-refractivity contribution < 1.29 is 0 Å². The highest BCUT2D eigenvalue weighted by Gasteiger charge is 2.35. The maximum Gasteiger partial charge on any atom is 0.0236 e. The zero-order valence-electron chi connectivity index (χ0n) is 12.6. The van der Waals surface area contributed by atoms with Crippen molar-refractivity contribution in [2.45, 2.75) is 58.0 Å². The highest BCUT2D eigenvalue weighted by Crippen LogP contribution is 2.44. The first-order chi connectivity index (χ1) is 9.81. The molecule has 0 bridgehead atoms. The van der Waals surface area contributed by atoms with E-state index >= 15 is 0 Å². The first-order valence-electron chi connectivity index (χ1n) is 8.31. The normalized spacial score (nSPS) is 23.1. The number of likely N-dealkylation sites (tertiary alicyclic amines) is 1. The summed E-state index contributed by atoms with van der Waals surface area (Å²) in [5.41, 5.74) is 9.30. The fourth-order valence-corrected chi connectivity index (χ4v) is 4.14. The van der Waals surface area contributed by atoms with Crippen molar-refractivity contribution in [3.63, 3.8) is 0 Å². The monoisotopic (exact) mass is 272 g/mol.